The summed E-state index contributed by atoms with van der Waals surface area (Å²) >= 11 is 0. The third-order valence-corrected chi connectivity index (χ3v) is 13.4. The lowest BCUT2D eigenvalue weighted by atomic mass is 9.99. The molecule has 0 aliphatic rings. The molecule has 0 saturated heterocycles. The molecular formula is C57H110O6. The van der Waals surface area contributed by atoms with Gasteiger partial charge in [0.25, 0.3) is 0 Å². The molecule has 6 nitrogen and oxygen atoms in total. The van der Waals surface area contributed by atoms with E-state index in [2.05, 4.69) is 27.7 Å². The Morgan fingerprint density at radius 2 is 0.556 bits per heavy atom. The number of hydrogen-bond acceptors (Lipinski definition) is 6. The highest BCUT2D eigenvalue weighted by molar-refractivity contribution is 5.71. The van der Waals surface area contributed by atoms with Gasteiger partial charge in [-0.2, -0.15) is 0 Å². The summed E-state index contributed by atoms with van der Waals surface area (Å²) in [5, 5.41) is 0. The molecule has 0 aromatic heterocycles. The van der Waals surface area contributed by atoms with Crippen molar-refractivity contribution >= 4 is 17.9 Å². The molecule has 2 atom stereocenters. The number of rotatable bonds is 52. The third kappa shape index (κ3) is 49.7. The first kappa shape index (κ1) is 61.4. The van der Waals surface area contributed by atoms with Crippen LogP contribution in [0.3, 0.4) is 0 Å². The van der Waals surface area contributed by atoms with E-state index in [-0.39, 0.29) is 31.1 Å². The van der Waals surface area contributed by atoms with Crippen LogP contribution in [0.15, 0.2) is 0 Å². The van der Waals surface area contributed by atoms with Crippen LogP contribution in [-0.4, -0.2) is 37.2 Å². The zero-order valence-corrected chi connectivity index (χ0v) is 43.0. The second-order valence-corrected chi connectivity index (χ2v) is 19.8. The van der Waals surface area contributed by atoms with Gasteiger partial charge in [-0.3, -0.25) is 14.4 Å². The van der Waals surface area contributed by atoms with E-state index in [1.165, 1.54) is 218 Å². The molecule has 0 aliphatic carbocycles. The first-order valence-corrected chi connectivity index (χ1v) is 28.4. The quantitative estimate of drug-likeness (QED) is 0.0344. The van der Waals surface area contributed by atoms with Crippen molar-refractivity contribution in [3.05, 3.63) is 0 Å². The zero-order valence-electron chi connectivity index (χ0n) is 43.0. The molecule has 0 aromatic carbocycles. The lowest BCUT2D eigenvalue weighted by molar-refractivity contribution is -0.167. The lowest BCUT2D eigenvalue weighted by Crippen LogP contribution is -2.30. The second kappa shape index (κ2) is 51.4. The fraction of sp³-hybridized carbons (Fsp3) is 0.947. The maximum atomic E-state index is 12.8. The number of carbonyl (C=O) groups is 3. The lowest BCUT2D eigenvalue weighted by Gasteiger charge is -2.18. The molecule has 0 heterocycles. The average molecular weight is 892 g/mol. The summed E-state index contributed by atoms with van der Waals surface area (Å²) in [6.45, 7) is 9.06. The molecule has 1 unspecified atom stereocenters. The van der Waals surface area contributed by atoms with Gasteiger partial charge < -0.3 is 14.2 Å². The van der Waals surface area contributed by atoms with E-state index in [0.29, 0.717) is 19.3 Å². The minimum Gasteiger partial charge on any atom is -0.462 e. The largest absolute Gasteiger partial charge is 0.462 e. The van der Waals surface area contributed by atoms with Gasteiger partial charge in [0.15, 0.2) is 6.10 Å². The summed E-state index contributed by atoms with van der Waals surface area (Å²) in [5.41, 5.74) is 0. The summed E-state index contributed by atoms with van der Waals surface area (Å²) in [6.07, 6.45) is 55.4. The van der Waals surface area contributed by atoms with Gasteiger partial charge in [0.2, 0.25) is 0 Å². The molecule has 374 valence electrons. The summed E-state index contributed by atoms with van der Waals surface area (Å²) in [5.74, 6) is 0.0641. The van der Waals surface area contributed by atoms with E-state index in [1.54, 1.807) is 0 Å². The monoisotopic (exact) mass is 891 g/mol. The summed E-state index contributed by atoms with van der Waals surface area (Å²) in [4.78, 5) is 37.9. The van der Waals surface area contributed by atoms with Gasteiger partial charge in [-0.1, -0.05) is 285 Å². The normalized spacial score (nSPS) is 12.4. The molecule has 0 fully saturated rings. The van der Waals surface area contributed by atoms with Crippen LogP contribution >= 0.6 is 0 Å². The van der Waals surface area contributed by atoms with Crippen molar-refractivity contribution in [2.24, 2.45) is 5.92 Å². The SMILES string of the molecule is CCCCCCCCCCCCCCCCCCC(=O)OC[C@H](COC(=O)CCCCCCCCC)OC(=O)CCCCCCCCCCCCCCCCCCCCC(C)CC. The third-order valence-electron chi connectivity index (χ3n) is 13.4. The van der Waals surface area contributed by atoms with Crippen LogP contribution in [-0.2, 0) is 28.6 Å². The van der Waals surface area contributed by atoms with Gasteiger partial charge in [-0.25, -0.2) is 0 Å². The highest BCUT2D eigenvalue weighted by atomic mass is 16.6. The molecule has 0 bridgehead atoms. The van der Waals surface area contributed by atoms with Gasteiger partial charge in [-0.05, 0) is 25.2 Å². The second-order valence-electron chi connectivity index (χ2n) is 19.8. The zero-order chi connectivity index (χ0) is 45.9. The van der Waals surface area contributed by atoms with Gasteiger partial charge in [0.1, 0.15) is 13.2 Å². The van der Waals surface area contributed by atoms with E-state index >= 15 is 0 Å². The van der Waals surface area contributed by atoms with Crippen LogP contribution in [0.2, 0.25) is 0 Å². The number of unbranched alkanes of at least 4 members (excludes halogenated alkanes) is 38. The Labute approximate surface area is 393 Å². The fourth-order valence-electron chi connectivity index (χ4n) is 8.72. The molecule has 0 spiro atoms. The molecule has 6 heteroatoms. The van der Waals surface area contributed by atoms with E-state index < -0.39 is 6.10 Å². The van der Waals surface area contributed by atoms with E-state index in [1.807, 2.05) is 0 Å². The topological polar surface area (TPSA) is 78.9 Å². The molecular weight excluding hydrogens is 781 g/mol. The minimum atomic E-state index is -0.760. The van der Waals surface area contributed by atoms with Gasteiger partial charge in [-0.15, -0.1) is 0 Å². The Hall–Kier alpha value is -1.59. The Morgan fingerprint density at radius 3 is 0.825 bits per heavy atom. The van der Waals surface area contributed by atoms with Gasteiger partial charge >= 0.3 is 17.9 Å². The van der Waals surface area contributed by atoms with Crippen molar-refractivity contribution in [3.63, 3.8) is 0 Å². The van der Waals surface area contributed by atoms with E-state index in [9.17, 15) is 14.4 Å². The number of carbonyl (C=O) groups excluding carboxylic acids is 3. The first-order valence-electron chi connectivity index (χ1n) is 28.4. The van der Waals surface area contributed by atoms with Crippen molar-refractivity contribution in [2.75, 3.05) is 13.2 Å². The minimum absolute atomic E-state index is 0.0625. The van der Waals surface area contributed by atoms with Crippen molar-refractivity contribution < 1.29 is 28.6 Å². The van der Waals surface area contributed by atoms with Crippen molar-refractivity contribution in [3.8, 4) is 0 Å². The molecule has 0 amide bonds. The summed E-state index contributed by atoms with van der Waals surface area (Å²) in [7, 11) is 0. The average Bonchev–Trinajstić information content (AvgIpc) is 3.28. The number of esters is 3. The molecule has 0 rings (SSSR count). The van der Waals surface area contributed by atoms with Crippen molar-refractivity contribution in [1.82, 2.24) is 0 Å². The predicted molar refractivity (Wildman–Crippen MR) is 270 cm³/mol. The smallest absolute Gasteiger partial charge is 0.306 e. The van der Waals surface area contributed by atoms with E-state index in [4.69, 9.17) is 14.2 Å². The van der Waals surface area contributed by atoms with Crippen LogP contribution in [0.1, 0.15) is 323 Å². The Morgan fingerprint density at radius 1 is 0.317 bits per heavy atom. The van der Waals surface area contributed by atoms with Crippen LogP contribution in [0, 0.1) is 5.92 Å². The maximum Gasteiger partial charge on any atom is 0.306 e. The van der Waals surface area contributed by atoms with Gasteiger partial charge in [0.05, 0.1) is 0 Å². The molecule has 0 N–H and O–H groups in total. The van der Waals surface area contributed by atoms with Crippen LogP contribution in [0.25, 0.3) is 0 Å². The molecule has 0 radical (unpaired) electrons. The molecule has 0 aliphatic heterocycles. The first-order chi connectivity index (χ1) is 30.9. The molecule has 0 saturated carbocycles. The van der Waals surface area contributed by atoms with Crippen LogP contribution in [0.4, 0.5) is 0 Å². The Bertz CT molecular complexity index is 951. The van der Waals surface area contributed by atoms with Crippen molar-refractivity contribution in [2.45, 2.75) is 329 Å². The summed E-state index contributed by atoms with van der Waals surface area (Å²) < 4.78 is 16.8. The number of ether oxygens (including phenoxy) is 3. The van der Waals surface area contributed by atoms with E-state index in [0.717, 1.165) is 63.7 Å². The summed E-state index contributed by atoms with van der Waals surface area (Å²) in [6, 6.07) is 0. The molecule has 63 heavy (non-hydrogen) atoms. The Kier molecular flexibility index (Phi) is 50.1. The van der Waals surface area contributed by atoms with Crippen molar-refractivity contribution in [1.29, 1.82) is 0 Å². The van der Waals surface area contributed by atoms with Crippen LogP contribution < -0.4 is 0 Å². The van der Waals surface area contributed by atoms with Gasteiger partial charge in [0, 0.05) is 19.3 Å². The molecule has 0 aromatic rings. The van der Waals surface area contributed by atoms with Crippen LogP contribution in [0.5, 0.6) is 0 Å². The fourth-order valence-corrected chi connectivity index (χ4v) is 8.72. The highest BCUT2D eigenvalue weighted by Gasteiger charge is 2.19. The Balaban J connectivity index is 4.12. The standard InChI is InChI=1S/C57H110O6/c1-5-8-10-12-14-15-16-17-18-24-27-30-33-37-41-45-49-56(59)62-52-54(51-61-55(58)48-44-40-35-13-11-9-6-2)63-57(60)50-46-42-38-34-31-28-25-22-20-19-21-23-26-29-32-36-39-43-47-53(4)7-3/h53-54H,5-52H2,1-4H3/t53?,54-/m0/s1. The maximum absolute atomic E-state index is 12.8. The number of hydrogen-bond donors (Lipinski definition) is 0. The predicted octanol–water partition coefficient (Wildman–Crippen LogP) is 18.6. The highest BCUT2D eigenvalue weighted by Crippen LogP contribution is 2.18.